The minimum Gasteiger partial charge on any atom is -0.482 e. The highest BCUT2D eigenvalue weighted by molar-refractivity contribution is 6.35. The van der Waals surface area contributed by atoms with Gasteiger partial charge in [0, 0.05) is 18.6 Å². The fourth-order valence-corrected chi connectivity index (χ4v) is 3.34. The van der Waals surface area contributed by atoms with Gasteiger partial charge in [-0.3, -0.25) is 9.59 Å². The third kappa shape index (κ3) is 6.14. The molecule has 0 aliphatic carbocycles. The topological polar surface area (TPSA) is 58.6 Å². The van der Waals surface area contributed by atoms with Crippen molar-refractivity contribution in [1.29, 1.82) is 0 Å². The van der Waals surface area contributed by atoms with Crippen LogP contribution in [0, 0.1) is 0 Å². The van der Waals surface area contributed by atoms with E-state index in [1.807, 2.05) is 37.3 Å². The number of amides is 2. The predicted octanol–water partition coefficient (Wildman–Crippen LogP) is 3.97. The van der Waals surface area contributed by atoms with Gasteiger partial charge in [-0.25, -0.2) is 0 Å². The Morgan fingerprint density at radius 2 is 1.86 bits per heavy atom. The molecule has 0 saturated carbocycles. The van der Waals surface area contributed by atoms with Crippen molar-refractivity contribution in [2.45, 2.75) is 25.8 Å². The van der Waals surface area contributed by atoms with Crippen molar-refractivity contribution < 1.29 is 14.3 Å². The van der Waals surface area contributed by atoms with Gasteiger partial charge in [0.15, 0.2) is 6.61 Å². The van der Waals surface area contributed by atoms with Gasteiger partial charge in [-0.15, -0.1) is 0 Å². The van der Waals surface area contributed by atoms with Gasteiger partial charge < -0.3 is 15.0 Å². The van der Waals surface area contributed by atoms with Crippen molar-refractivity contribution in [1.82, 2.24) is 10.2 Å². The molecule has 28 heavy (non-hydrogen) atoms. The summed E-state index contributed by atoms with van der Waals surface area (Å²) >= 11 is 12.0. The first-order valence-corrected chi connectivity index (χ1v) is 9.84. The number of likely N-dealkylation sites (N-methyl/N-ethyl adjacent to an activating group) is 1. The molecule has 2 aromatic carbocycles. The molecular formula is C21H24Cl2N2O3. The molecule has 0 heterocycles. The van der Waals surface area contributed by atoms with E-state index < -0.39 is 6.04 Å². The molecule has 7 heteroatoms. The molecule has 0 fully saturated rings. The molecule has 1 atom stereocenters. The Balaban J connectivity index is 2.11. The lowest BCUT2D eigenvalue weighted by Gasteiger charge is -2.30. The monoisotopic (exact) mass is 422 g/mol. The molecule has 0 aliphatic heterocycles. The molecule has 2 rings (SSSR count). The molecule has 1 unspecified atom stereocenters. The number of nitrogens with one attached hydrogen (secondary N) is 1. The van der Waals surface area contributed by atoms with Gasteiger partial charge in [-0.05, 0) is 36.6 Å². The average molecular weight is 423 g/mol. The summed E-state index contributed by atoms with van der Waals surface area (Å²) in [5.41, 5.74) is 1.09. The zero-order chi connectivity index (χ0) is 20.5. The quantitative estimate of drug-likeness (QED) is 0.664. The third-order valence-electron chi connectivity index (χ3n) is 4.36. The predicted molar refractivity (Wildman–Crippen MR) is 112 cm³/mol. The number of ether oxygens (including phenoxy) is 1. The highest BCUT2D eigenvalue weighted by Gasteiger charge is 2.28. The molecule has 0 aliphatic rings. The molecule has 0 saturated heterocycles. The summed E-state index contributed by atoms with van der Waals surface area (Å²) < 4.78 is 5.58. The fourth-order valence-electron chi connectivity index (χ4n) is 2.88. The normalized spacial score (nSPS) is 11.6. The van der Waals surface area contributed by atoms with E-state index in [0.29, 0.717) is 35.2 Å². The largest absolute Gasteiger partial charge is 0.482 e. The van der Waals surface area contributed by atoms with Crippen molar-refractivity contribution in [3.63, 3.8) is 0 Å². The second-order valence-corrected chi connectivity index (χ2v) is 7.07. The summed E-state index contributed by atoms with van der Waals surface area (Å²) in [6.45, 7) is 2.07. The summed E-state index contributed by atoms with van der Waals surface area (Å²) in [4.78, 5) is 26.7. The Kier molecular flexibility index (Phi) is 8.61. The standard InChI is InChI=1S/C21H24Cl2N2O3/c1-3-18(21(27)24-2)25(12-11-15-7-5-4-6-8-15)20(26)14-28-19-10-9-16(22)13-17(19)23/h4-10,13,18H,3,11-12,14H2,1-2H3,(H,24,27). The van der Waals surface area contributed by atoms with Crippen LogP contribution in [0.15, 0.2) is 48.5 Å². The van der Waals surface area contributed by atoms with Crippen LogP contribution in [0.25, 0.3) is 0 Å². The zero-order valence-electron chi connectivity index (χ0n) is 16.0. The minimum absolute atomic E-state index is 0.201. The smallest absolute Gasteiger partial charge is 0.261 e. The van der Waals surface area contributed by atoms with Gasteiger partial charge in [0.1, 0.15) is 11.8 Å². The van der Waals surface area contributed by atoms with E-state index in [1.54, 1.807) is 30.1 Å². The highest BCUT2D eigenvalue weighted by Crippen LogP contribution is 2.27. The molecule has 0 spiro atoms. The number of carbonyl (C=O) groups excluding carboxylic acids is 2. The summed E-state index contributed by atoms with van der Waals surface area (Å²) in [6, 6.07) is 14.1. The van der Waals surface area contributed by atoms with Crippen LogP contribution in [0.5, 0.6) is 5.75 Å². The van der Waals surface area contributed by atoms with Crippen LogP contribution in [0.4, 0.5) is 0 Å². The van der Waals surface area contributed by atoms with E-state index in [1.165, 1.54) is 0 Å². The maximum atomic E-state index is 12.9. The summed E-state index contributed by atoms with van der Waals surface area (Å²) in [7, 11) is 1.56. The Bertz CT molecular complexity index is 799. The van der Waals surface area contributed by atoms with E-state index in [-0.39, 0.29) is 18.4 Å². The van der Waals surface area contributed by atoms with Crippen molar-refractivity contribution in [2.75, 3.05) is 20.2 Å². The van der Waals surface area contributed by atoms with Gasteiger partial charge >= 0.3 is 0 Å². The first-order chi connectivity index (χ1) is 13.5. The molecule has 1 N–H and O–H groups in total. The van der Waals surface area contributed by atoms with Crippen LogP contribution >= 0.6 is 23.2 Å². The zero-order valence-corrected chi connectivity index (χ0v) is 17.5. The van der Waals surface area contributed by atoms with Crippen LogP contribution < -0.4 is 10.1 Å². The van der Waals surface area contributed by atoms with Crippen LogP contribution in [0.3, 0.4) is 0 Å². The Morgan fingerprint density at radius 1 is 1.14 bits per heavy atom. The first kappa shape index (κ1) is 22.1. The first-order valence-electron chi connectivity index (χ1n) is 9.09. The van der Waals surface area contributed by atoms with Gasteiger partial charge in [-0.2, -0.15) is 0 Å². The molecule has 150 valence electrons. The Hall–Kier alpha value is -2.24. The number of rotatable bonds is 9. The number of nitrogens with zero attached hydrogens (tertiary/aromatic N) is 1. The van der Waals surface area contributed by atoms with Crippen molar-refractivity contribution in [2.24, 2.45) is 0 Å². The van der Waals surface area contributed by atoms with Gasteiger partial charge in [0.25, 0.3) is 5.91 Å². The summed E-state index contributed by atoms with van der Waals surface area (Å²) in [5, 5.41) is 3.44. The van der Waals surface area contributed by atoms with Crippen molar-refractivity contribution in [3.05, 3.63) is 64.1 Å². The fraction of sp³-hybridized carbons (Fsp3) is 0.333. The molecule has 0 bridgehead atoms. The number of carbonyl (C=O) groups is 2. The van der Waals surface area contributed by atoms with E-state index in [2.05, 4.69) is 5.32 Å². The molecule has 0 radical (unpaired) electrons. The lowest BCUT2D eigenvalue weighted by molar-refractivity contribution is -0.142. The van der Waals surface area contributed by atoms with E-state index in [9.17, 15) is 9.59 Å². The number of hydrogen-bond donors (Lipinski definition) is 1. The lowest BCUT2D eigenvalue weighted by atomic mass is 10.1. The van der Waals surface area contributed by atoms with Crippen molar-refractivity contribution in [3.8, 4) is 5.75 Å². The lowest BCUT2D eigenvalue weighted by Crippen LogP contribution is -2.50. The van der Waals surface area contributed by atoms with E-state index in [4.69, 9.17) is 27.9 Å². The van der Waals surface area contributed by atoms with Gasteiger partial charge in [-0.1, -0.05) is 60.5 Å². The number of hydrogen-bond acceptors (Lipinski definition) is 3. The maximum absolute atomic E-state index is 12.9. The van der Waals surface area contributed by atoms with Crippen LogP contribution in [-0.4, -0.2) is 43.0 Å². The summed E-state index contributed by atoms with van der Waals surface area (Å²) in [5.74, 6) is -0.110. The van der Waals surface area contributed by atoms with Crippen LogP contribution in [-0.2, 0) is 16.0 Å². The van der Waals surface area contributed by atoms with Gasteiger partial charge in [0.05, 0.1) is 5.02 Å². The second kappa shape index (κ2) is 10.9. The SMILES string of the molecule is CCC(C(=O)NC)N(CCc1ccccc1)C(=O)COc1ccc(Cl)cc1Cl. The molecule has 0 aromatic heterocycles. The number of benzene rings is 2. The van der Waals surface area contributed by atoms with E-state index >= 15 is 0 Å². The minimum atomic E-state index is -0.564. The average Bonchev–Trinajstić information content (AvgIpc) is 2.70. The molecule has 2 aromatic rings. The summed E-state index contributed by atoms with van der Waals surface area (Å²) in [6.07, 6.45) is 1.14. The molecular weight excluding hydrogens is 399 g/mol. The van der Waals surface area contributed by atoms with Gasteiger partial charge in [0.2, 0.25) is 5.91 Å². The molecule has 2 amide bonds. The maximum Gasteiger partial charge on any atom is 0.261 e. The van der Waals surface area contributed by atoms with E-state index in [0.717, 1.165) is 5.56 Å². The third-order valence-corrected chi connectivity index (χ3v) is 4.89. The van der Waals surface area contributed by atoms with Crippen LogP contribution in [0.1, 0.15) is 18.9 Å². The Morgan fingerprint density at radius 3 is 2.46 bits per heavy atom. The number of halogens is 2. The molecule has 5 nitrogen and oxygen atoms in total. The second-order valence-electron chi connectivity index (χ2n) is 6.22. The highest BCUT2D eigenvalue weighted by atomic mass is 35.5. The van der Waals surface area contributed by atoms with Crippen molar-refractivity contribution >= 4 is 35.0 Å². The Labute approximate surface area is 175 Å². The van der Waals surface area contributed by atoms with Crippen LogP contribution in [0.2, 0.25) is 10.0 Å².